The first-order valence-corrected chi connectivity index (χ1v) is 4.52. The number of ketones is 1. The second kappa shape index (κ2) is 2.47. The summed E-state index contributed by atoms with van der Waals surface area (Å²) in [4.78, 5) is 11.4. The molecule has 0 aromatic heterocycles. The molecule has 0 amide bonds. The predicted molar refractivity (Wildman–Crippen MR) is 44.3 cm³/mol. The van der Waals surface area contributed by atoms with Crippen LogP contribution in [0, 0.1) is 5.92 Å². The van der Waals surface area contributed by atoms with Crippen LogP contribution >= 0.6 is 0 Å². The maximum atomic E-state index is 11.4. The molecule has 0 radical (unpaired) electrons. The Morgan fingerprint density at radius 3 is 2.82 bits per heavy atom. The Bertz CT molecular complexity index is 225. The fraction of sp³-hybridized carbons (Fsp3) is 0.700. The van der Waals surface area contributed by atoms with Crippen LogP contribution in [0.2, 0.25) is 0 Å². The third-order valence-corrected chi connectivity index (χ3v) is 2.99. The number of carbonyl (C=O) groups excluding carboxylic acids is 1. The van der Waals surface area contributed by atoms with Crippen molar-refractivity contribution in [3.05, 3.63) is 11.1 Å². The fourth-order valence-electron chi connectivity index (χ4n) is 2.42. The molecule has 2 aliphatic carbocycles. The first kappa shape index (κ1) is 7.08. The average molecular weight is 150 g/mol. The summed E-state index contributed by atoms with van der Waals surface area (Å²) in [7, 11) is 0. The van der Waals surface area contributed by atoms with Crippen molar-refractivity contribution in [1.82, 2.24) is 0 Å². The molecule has 1 nitrogen and oxygen atoms in total. The number of fused-ring (bicyclic) bond motifs is 1. The summed E-state index contributed by atoms with van der Waals surface area (Å²) in [5.41, 5.74) is 2.58. The van der Waals surface area contributed by atoms with Crippen molar-refractivity contribution in [3.8, 4) is 0 Å². The Balaban J connectivity index is 2.32. The van der Waals surface area contributed by atoms with Gasteiger partial charge in [0.25, 0.3) is 0 Å². The molecular weight excluding hydrogens is 136 g/mol. The van der Waals surface area contributed by atoms with E-state index in [2.05, 4.69) is 6.92 Å². The summed E-state index contributed by atoms with van der Waals surface area (Å²) < 4.78 is 0. The smallest absolute Gasteiger partial charge is 0.159 e. The SMILES string of the molecule is CC1=C2C(=O)CCC[C@H]2CC1. The van der Waals surface area contributed by atoms with Crippen molar-refractivity contribution in [3.63, 3.8) is 0 Å². The Hall–Kier alpha value is -0.590. The third kappa shape index (κ3) is 1.03. The van der Waals surface area contributed by atoms with Gasteiger partial charge in [-0.2, -0.15) is 0 Å². The van der Waals surface area contributed by atoms with Gasteiger partial charge in [0.2, 0.25) is 0 Å². The van der Waals surface area contributed by atoms with Crippen LogP contribution in [0.3, 0.4) is 0 Å². The van der Waals surface area contributed by atoms with E-state index in [1.807, 2.05) is 0 Å². The highest BCUT2D eigenvalue weighted by atomic mass is 16.1. The standard InChI is InChI=1S/C10H14O/c1-7-5-6-8-3-2-4-9(11)10(7)8/h8H,2-6H2,1H3/t8-/m0/s1. The van der Waals surface area contributed by atoms with Crippen LogP contribution in [0.25, 0.3) is 0 Å². The van der Waals surface area contributed by atoms with Gasteiger partial charge in [-0.3, -0.25) is 4.79 Å². The molecule has 0 aromatic rings. The zero-order valence-corrected chi connectivity index (χ0v) is 7.02. The van der Waals surface area contributed by atoms with Crippen LogP contribution in [-0.4, -0.2) is 5.78 Å². The van der Waals surface area contributed by atoms with Crippen LogP contribution in [0.4, 0.5) is 0 Å². The molecule has 11 heavy (non-hydrogen) atoms. The van der Waals surface area contributed by atoms with Gasteiger partial charge < -0.3 is 0 Å². The van der Waals surface area contributed by atoms with Gasteiger partial charge in [0.15, 0.2) is 5.78 Å². The number of hydrogen-bond donors (Lipinski definition) is 0. The highest BCUT2D eigenvalue weighted by Gasteiger charge is 2.30. The number of hydrogen-bond acceptors (Lipinski definition) is 1. The summed E-state index contributed by atoms with van der Waals surface area (Å²) in [5, 5.41) is 0. The number of carbonyl (C=O) groups is 1. The van der Waals surface area contributed by atoms with E-state index in [1.165, 1.54) is 30.4 Å². The topological polar surface area (TPSA) is 17.1 Å². The lowest BCUT2D eigenvalue weighted by atomic mass is 9.84. The summed E-state index contributed by atoms with van der Waals surface area (Å²) in [6.45, 7) is 2.12. The molecule has 0 aliphatic heterocycles. The predicted octanol–water partition coefficient (Wildman–Crippen LogP) is 2.47. The van der Waals surface area contributed by atoms with E-state index in [1.54, 1.807) is 0 Å². The number of allylic oxidation sites excluding steroid dienone is 2. The molecule has 0 bridgehead atoms. The highest BCUT2D eigenvalue weighted by Crippen LogP contribution is 2.39. The summed E-state index contributed by atoms with van der Waals surface area (Å²) in [6, 6.07) is 0. The minimum absolute atomic E-state index is 0.441. The molecular formula is C10H14O. The molecule has 1 fully saturated rings. The minimum atomic E-state index is 0.441. The van der Waals surface area contributed by atoms with Crippen molar-refractivity contribution in [2.24, 2.45) is 5.92 Å². The van der Waals surface area contributed by atoms with Gasteiger partial charge in [-0.1, -0.05) is 5.57 Å². The van der Waals surface area contributed by atoms with E-state index in [0.29, 0.717) is 11.7 Å². The van der Waals surface area contributed by atoms with Crippen molar-refractivity contribution >= 4 is 5.78 Å². The molecule has 1 heteroatoms. The van der Waals surface area contributed by atoms with Crippen LogP contribution in [-0.2, 0) is 4.79 Å². The lowest BCUT2D eigenvalue weighted by Crippen LogP contribution is -2.16. The first-order chi connectivity index (χ1) is 5.29. The molecule has 0 N–H and O–H groups in total. The molecule has 1 atom stereocenters. The van der Waals surface area contributed by atoms with Crippen LogP contribution in [0.1, 0.15) is 39.0 Å². The Morgan fingerprint density at radius 1 is 1.27 bits per heavy atom. The van der Waals surface area contributed by atoms with Gasteiger partial charge in [0.05, 0.1) is 0 Å². The summed E-state index contributed by atoms with van der Waals surface area (Å²) in [6.07, 6.45) is 5.61. The third-order valence-electron chi connectivity index (χ3n) is 2.99. The van der Waals surface area contributed by atoms with Crippen molar-refractivity contribution in [2.45, 2.75) is 39.0 Å². The molecule has 1 saturated carbocycles. The molecule has 0 unspecified atom stereocenters. The maximum Gasteiger partial charge on any atom is 0.159 e. The molecule has 2 aliphatic rings. The van der Waals surface area contributed by atoms with Crippen molar-refractivity contribution in [2.75, 3.05) is 0 Å². The van der Waals surface area contributed by atoms with Gasteiger partial charge in [-0.25, -0.2) is 0 Å². The summed E-state index contributed by atoms with van der Waals surface area (Å²) in [5.74, 6) is 1.09. The highest BCUT2D eigenvalue weighted by molar-refractivity contribution is 5.97. The largest absolute Gasteiger partial charge is 0.295 e. The summed E-state index contributed by atoms with van der Waals surface area (Å²) >= 11 is 0. The van der Waals surface area contributed by atoms with Gasteiger partial charge >= 0.3 is 0 Å². The van der Waals surface area contributed by atoms with Gasteiger partial charge in [-0.15, -0.1) is 0 Å². The zero-order chi connectivity index (χ0) is 7.84. The number of rotatable bonds is 0. The monoisotopic (exact) mass is 150 g/mol. The van der Waals surface area contributed by atoms with Crippen molar-refractivity contribution in [1.29, 1.82) is 0 Å². The lowest BCUT2D eigenvalue weighted by Gasteiger charge is -2.19. The Kier molecular flexibility index (Phi) is 1.59. The number of Topliss-reactive ketones (excluding diaryl/α,β-unsaturated/α-hetero) is 1. The molecule has 0 spiro atoms. The van der Waals surface area contributed by atoms with E-state index in [4.69, 9.17) is 0 Å². The Morgan fingerprint density at radius 2 is 2.09 bits per heavy atom. The average Bonchev–Trinajstić information content (AvgIpc) is 2.34. The molecule has 2 rings (SSSR count). The van der Waals surface area contributed by atoms with Crippen molar-refractivity contribution < 1.29 is 4.79 Å². The van der Waals surface area contributed by atoms with Crippen LogP contribution in [0.15, 0.2) is 11.1 Å². The van der Waals surface area contributed by atoms with Gasteiger partial charge in [0, 0.05) is 6.42 Å². The second-order valence-corrected chi connectivity index (χ2v) is 3.75. The van der Waals surface area contributed by atoms with Gasteiger partial charge in [0.1, 0.15) is 0 Å². The fourth-order valence-corrected chi connectivity index (χ4v) is 2.42. The molecule has 0 heterocycles. The Labute approximate surface area is 67.5 Å². The normalized spacial score (nSPS) is 31.0. The second-order valence-electron chi connectivity index (χ2n) is 3.75. The van der Waals surface area contributed by atoms with Crippen LogP contribution < -0.4 is 0 Å². The van der Waals surface area contributed by atoms with E-state index < -0.39 is 0 Å². The van der Waals surface area contributed by atoms with E-state index in [9.17, 15) is 4.79 Å². The quantitative estimate of drug-likeness (QED) is 0.518. The first-order valence-electron chi connectivity index (χ1n) is 4.52. The molecule has 0 aromatic carbocycles. The molecule has 0 saturated heterocycles. The lowest BCUT2D eigenvalue weighted by molar-refractivity contribution is -0.117. The van der Waals surface area contributed by atoms with E-state index in [-0.39, 0.29) is 0 Å². The van der Waals surface area contributed by atoms with Crippen LogP contribution in [0.5, 0.6) is 0 Å². The minimum Gasteiger partial charge on any atom is -0.295 e. The zero-order valence-electron chi connectivity index (χ0n) is 7.02. The van der Waals surface area contributed by atoms with E-state index >= 15 is 0 Å². The molecule has 60 valence electrons. The maximum absolute atomic E-state index is 11.4. The van der Waals surface area contributed by atoms with Gasteiger partial charge in [-0.05, 0) is 44.1 Å². The van der Waals surface area contributed by atoms with E-state index in [0.717, 1.165) is 12.8 Å².